The molecule has 140 valence electrons. The highest BCUT2D eigenvalue weighted by molar-refractivity contribution is 6.35. The minimum Gasteiger partial charge on any atom is -0.464 e. The van der Waals surface area contributed by atoms with Crippen LogP contribution in [0.25, 0.3) is 0 Å². The van der Waals surface area contributed by atoms with Gasteiger partial charge in [0.25, 0.3) is 0 Å². The molecule has 2 aliphatic rings. The molecule has 0 aromatic heterocycles. The van der Waals surface area contributed by atoms with Crippen molar-refractivity contribution in [2.75, 3.05) is 0 Å². The van der Waals surface area contributed by atoms with E-state index in [1.165, 1.54) is 0 Å². The Hall–Kier alpha value is -2.20. The number of benzene rings is 3. The van der Waals surface area contributed by atoms with Crippen molar-refractivity contribution in [3.63, 3.8) is 0 Å². The van der Waals surface area contributed by atoms with Crippen LogP contribution in [0.5, 0.6) is 5.75 Å². The van der Waals surface area contributed by atoms with Crippen LogP contribution in [0.4, 0.5) is 0 Å². The van der Waals surface area contributed by atoms with E-state index in [0.29, 0.717) is 15.1 Å². The van der Waals surface area contributed by atoms with Crippen LogP contribution in [0.15, 0.2) is 71.8 Å². The fraction of sp³-hybridized carbons (Fsp3) is 0.136. The standard InChI is InChI=1S/C22H15Cl3N2O/c23-13-9-10-15(18(25)11-13)22-27-20(16-6-2-4-8-21(16)28-22)12-19(26-27)14-5-1-3-7-17(14)24/h1-11,20,22H,12H2. The Morgan fingerprint density at radius 2 is 1.64 bits per heavy atom. The van der Waals surface area contributed by atoms with E-state index in [1.807, 2.05) is 59.6 Å². The van der Waals surface area contributed by atoms with E-state index in [-0.39, 0.29) is 6.04 Å². The molecule has 2 aliphatic heterocycles. The fourth-order valence-corrected chi connectivity index (χ4v) is 4.55. The fourth-order valence-electron chi connectivity index (χ4n) is 3.80. The lowest BCUT2D eigenvalue weighted by Crippen LogP contribution is -2.33. The highest BCUT2D eigenvalue weighted by atomic mass is 35.5. The van der Waals surface area contributed by atoms with Gasteiger partial charge in [0.15, 0.2) is 0 Å². The first kappa shape index (κ1) is 17.9. The Morgan fingerprint density at radius 1 is 0.857 bits per heavy atom. The Bertz CT molecular complexity index is 1100. The van der Waals surface area contributed by atoms with E-state index in [1.54, 1.807) is 6.07 Å². The average molecular weight is 430 g/mol. The van der Waals surface area contributed by atoms with Gasteiger partial charge in [-0.25, -0.2) is 5.01 Å². The highest BCUT2D eigenvalue weighted by Crippen LogP contribution is 2.48. The number of nitrogens with zero attached hydrogens (tertiary/aromatic N) is 2. The molecule has 0 bridgehead atoms. The van der Waals surface area contributed by atoms with Crippen molar-refractivity contribution in [2.24, 2.45) is 5.10 Å². The smallest absolute Gasteiger partial charge is 0.215 e. The number of halogens is 3. The first-order chi connectivity index (χ1) is 13.6. The van der Waals surface area contributed by atoms with Gasteiger partial charge in [-0.2, -0.15) is 5.10 Å². The van der Waals surface area contributed by atoms with E-state index in [2.05, 4.69) is 6.07 Å². The number of ether oxygens (including phenoxy) is 1. The summed E-state index contributed by atoms with van der Waals surface area (Å²) in [4.78, 5) is 0. The number of rotatable bonds is 2. The number of hydrogen-bond donors (Lipinski definition) is 0. The predicted octanol–water partition coefficient (Wildman–Crippen LogP) is 6.89. The number of hydrazone groups is 1. The quantitative estimate of drug-likeness (QED) is 0.443. The maximum atomic E-state index is 6.50. The molecule has 0 fully saturated rings. The summed E-state index contributed by atoms with van der Waals surface area (Å²) in [5, 5.41) is 8.72. The largest absolute Gasteiger partial charge is 0.464 e. The lowest BCUT2D eigenvalue weighted by atomic mass is 9.96. The van der Waals surface area contributed by atoms with Crippen LogP contribution < -0.4 is 4.74 Å². The molecule has 0 saturated heterocycles. The van der Waals surface area contributed by atoms with E-state index in [9.17, 15) is 0 Å². The Kier molecular flexibility index (Phi) is 4.47. The van der Waals surface area contributed by atoms with Crippen LogP contribution in [0.2, 0.25) is 15.1 Å². The Labute approximate surface area is 178 Å². The van der Waals surface area contributed by atoms with Crippen molar-refractivity contribution < 1.29 is 4.74 Å². The summed E-state index contributed by atoms with van der Waals surface area (Å²) in [6.45, 7) is 0. The molecule has 0 N–H and O–H groups in total. The minimum absolute atomic E-state index is 0.0490. The van der Waals surface area contributed by atoms with Crippen LogP contribution in [0, 0.1) is 0 Å². The van der Waals surface area contributed by atoms with E-state index >= 15 is 0 Å². The second-order valence-electron chi connectivity index (χ2n) is 6.80. The maximum absolute atomic E-state index is 6.50. The van der Waals surface area contributed by atoms with Crippen molar-refractivity contribution in [3.05, 3.63) is 98.5 Å². The van der Waals surface area contributed by atoms with Gasteiger partial charge >= 0.3 is 0 Å². The minimum atomic E-state index is -0.440. The third kappa shape index (κ3) is 2.95. The van der Waals surface area contributed by atoms with Crippen molar-refractivity contribution in [2.45, 2.75) is 18.7 Å². The van der Waals surface area contributed by atoms with Crippen molar-refractivity contribution in [3.8, 4) is 5.75 Å². The van der Waals surface area contributed by atoms with Crippen LogP contribution in [0.1, 0.15) is 35.4 Å². The molecule has 0 amide bonds. The van der Waals surface area contributed by atoms with Crippen LogP contribution in [-0.4, -0.2) is 10.7 Å². The predicted molar refractivity (Wildman–Crippen MR) is 113 cm³/mol. The van der Waals surface area contributed by atoms with Crippen molar-refractivity contribution in [1.29, 1.82) is 0 Å². The lowest BCUT2D eigenvalue weighted by Gasteiger charge is -2.38. The molecular weight excluding hydrogens is 415 g/mol. The molecule has 2 unspecified atom stereocenters. The molecule has 0 spiro atoms. The summed E-state index contributed by atoms with van der Waals surface area (Å²) >= 11 is 19.0. The molecule has 3 aromatic rings. The van der Waals surface area contributed by atoms with Gasteiger partial charge in [0.1, 0.15) is 5.75 Å². The van der Waals surface area contributed by atoms with Gasteiger partial charge in [0.2, 0.25) is 6.23 Å². The first-order valence-corrected chi connectivity index (χ1v) is 10.1. The van der Waals surface area contributed by atoms with E-state index in [4.69, 9.17) is 44.6 Å². The molecule has 0 saturated carbocycles. The molecule has 28 heavy (non-hydrogen) atoms. The van der Waals surface area contributed by atoms with E-state index < -0.39 is 6.23 Å². The van der Waals surface area contributed by atoms with Gasteiger partial charge < -0.3 is 4.74 Å². The summed E-state index contributed by atoms with van der Waals surface area (Å²) in [5.74, 6) is 0.843. The molecule has 2 heterocycles. The van der Waals surface area contributed by atoms with Crippen LogP contribution >= 0.6 is 34.8 Å². The van der Waals surface area contributed by atoms with Gasteiger partial charge in [0, 0.05) is 33.2 Å². The third-order valence-electron chi connectivity index (χ3n) is 5.11. The Morgan fingerprint density at radius 3 is 2.46 bits per heavy atom. The molecule has 2 atom stereocenters. The topological polar surface area (TPSA) is 24.8 Å². The summed E-state index contributed by atoms with van der Waals surface area (Å²) in [5.41, 5.74) is 3.81. The van der Waals surface area contributed by atoms with Gasteiger partial charge in [-0.1, -0.05) is 77.3 Å². The SMILES string of the molecule is Clc1ccc(C2Oc3ccccc3C3CC(c4ccccc4Cl)=NN32)c(Cl)c1. The lowest BCUT2D eigenvalue weighted by molar-refractivity contribution is -0.0189. The highest BCUT2D eigenvalue weighted by Gasteiger charge is 2.41. The second-order valence-corrected chi connectivity index (χ2v) is 8.05. The average Bonchev–Trinajstić information content (AvgIpc) is 3.13. The van der Waals surface area contributed by atoms with Gasteiger partial charge in [-0.05, 0) is 24.3 Å². The Balaban J connectivity index is 1.63. The molecule has 3 aromatic carbocycles. The van der Waals surface area contributed by atoms with Gasteiger partial charge in [-0.3, -0.25) is 0 Å². The zero-order chi connectivity index (χ0) is 19.3. The normalized spacial score (nSPS) is 20.2. The van der Waals surface area contributed by atoms with Crippen LogP contribution in [-0.2, 0) is 0 Å². The molecule has 6 heteroatoms. The molecule has 0 radical (unpaired) electrons. The van der Waals surface area contributed by atoms with Gasteiger partial charge in [0.05, 0.1) is 16.8 Å². The molecule has 3 nitrogen and oxygen atoms in total. The summed E-state index contributed by atoms with van der Waals surface area (Å²) in [7, 11) is 0. The van der Waals surface area contributed by atoms with Crippen molar-refractivity contribution in [1.82, 2.24) is 5.01 Å². The first-order valence-electron chi connectivity index (χ1n) is 8.93. The number of hydrogen-bond acceptors (Lipinski definition) is 3. The summed E-state index contributed by atoms with van der Waals surface area (Å²) in [6, 6.07) is 21.3. The summed E-state index contributed by atoms with van der Waals surface area (Å²) < 4.78 is 6.33. The number of para-hydroxylation sites is 1. The van der Waals surface area contributed by atoms with E-state index in [0.717, 1.165) is 34.6 Å². The zero-order valence-electron chi connectivity index (χ0n) is 14.6. The van der Waals surface area contributed by atoms with Crippen molar-refractivity contribution >= 4 is 40.5 Å². The zero-order valence-corrected chi connectivity index (χ0v) is 16.9. The maximum Gasteiger partial charge on any atom is 0.215 e. The number of fused-ring (bicyclic) bond motifs is 3. The third-order valence-corrected chi connectivity index (χ3v) is 6.00. The summed E-state index contributed by atoms with van der Waals surface area (Å²) in [6.07, 6.45) is 0.302. The monoisotopic (exact) mass is 428 g/mol. The molecule has 0 aliphatic carbocycles. The van der Waals surface area contributed by atoms with Crippen LogP contribution in [0.3, 0.4) is 0 Å². The van der Waals surface area contributed by atoms with Gasteiger partial charge in [-0.15, -0.1) is 0 Å². The second kappa shape index (κ2) is 7.00. The molecule has 5 rings (SSSR count). The molecular formula is C22H15Cl3N2O.